The Kier molecular flexibility index (Phi) is 20.0. The van der Waals surface area contributed by atoms with Crippen LogP contribution in [-0.2, 0) is 9.59 Å². The molecule has 0 aliphatic rings. The van der Waals surface area contributed by atoms with E-state index in [9.17, 15) is 9.59 Å². The third-order valence-electron chi connectivity index (χ3n) is 0.743. The zero-order valence-electron chi connectivity index (χ0n) is 6.13. The zero-order chi connectivity index (χ0) is 8.57. The number of Topliss-reactive ketones (excluding diaryl/α,β-unsaturated/α-hetero) is 1. The van der Waals surface area contributed by atoms with Crippen molar-refractivity contribution in [1.82, 2.24) is 0 Å². The maximum atomic E-state index is 10.2. The Bertz CT molecular complexity index is 113. The molecule has 4 nitrogen and oxygen atoms in total. The monoisotopic (exact) mass is 172 g/mol. The van der Waals surface area contributed by atoms with Gasteiger partial charge in [0.15, 0.2) is 0 Å². The standard InChI is InChI=1S/C5H8O3.CH4O.Na.H/c1-2-4(6)3-5(7)8;1-2;;/h2-3H2,1H3,(H,7,8);2H,1H3;;. The number of hydrogen-bond acceptors (Lipinski definition) is 3. The second-order valence-electron chi connectivity index (χ2n) is 1.46. The number of carboxylic acid groups (broad SMARTS) is 1. The van der Waals surface area contributed by atoms with Crippen molar-refractivity contribution >= 4 is 41.3 Å². The number of rotatable bonds is 3. The van der Waals surface area contributed by atoms with Crippen molar-refractivity contribution in [3.63, 3.8) is 0 Å². The van der Waals surface area contributed by atoms with Crippen LogP contribution in [0.5, 0.6) is 0 Å². The first-order valence-corrected chi connectivity index (χ1v) is 2.85. The Hall–Kier alpha value is 0.1000. The molecule has 0 fully saturated rings. The number of carbonyl (C=O) groups excluding carboxylic acids is 1. The predicted molar refractivity (Wildman–Crippen MR) is 42.8 cm³/mol. The van der Waals surface area contributed by atoms with Gasteiger partial charge in [-0.2, -0.15) is 0 Å². The van der Waals surface area contributed by atoms with Crippen molar-refractivity contribution in [2.45, 2.75) is 19.8 Å². The van der Waals surface area contributed by atoms with Gasteiger partial charge < -0.3 is 10.2 Å². The first-order valence-electron chi connectivity index (χ1n) is 2.85. The Balaban J connectivity index is -0.000000196. The van der Waals surface area contributed by atoms with E-state index in [0.29, 0.717) is 6.42 Å². The van der Waals surface area contributed by atoms with Gasteiger partial charge >= 0.3 is 35.5 Å². The van der Waals surface area contributed by atoms with E-state index in [4.69, 9.17) is 10.2 Å². The summed E-state index contributed by atoms with van der Waals surface area (Å²) in [6.45, 7) is 1.64. The van der Waals surface area contributed by atoms with Crippen molar-refractivity contribution in [2.75, 3.05) is 7.11 Å². The molecule has 0 atom stereocenters. The van der Waals surface area contributed by atoms with E-state index in [-0.39, 0.29) is 41.8 Å². The molecule has 0 spiro atoms. The van der Waals surface area contributed by atoms with Crippen molar-refractivity contribution in [3.05, 3.63) is 0 Å². The fourth-order valence-corrected chi connectivity index (χ4v) is 0.294. The van der Waals surface area contributed by atoms with Gasteiger partial charge in [0.05, 0.1) is 0 Å². The van der Waals surface area contributed by atoms with Crippen LogP contribution in [0.15, 0.2) is 0 Å². The topological polar surface area (TPSA) is 74.6 Å². The van der Waals surface area contributed by atoms with Crippen LogP contribution in [0.25, 0.3) is 0 Å². The fraction of sp³-hybridized carbons (Fsp3) is 0.667. The molecule has 0 aliphatic carbocycles. The first kappa shape index (κ1) is 17.3. The number of hydrogen-bond donors (Lipinski definition) is 2. The SMILES string of the molecule is CCC(=O)CC(=O)O.CO.[NaH]. The molecule has 0 saturated carbocycles. The molecule has 2 N–H and O–H groups in total. The molecule has 0 aromatic heterocycles. The summed E-state index contributed by atoms with van der Waals surface area (Å²) in [6, 6.07) is 0. The Labute approximate surface area is 87.9 Å². The third kappa shape index (κ3) is 17.8. The normalized spacial score (nSPS) is 6.82. The van der Waals surface area contributed by atoms with Crippen LogP contribution < -0.4 is 0 Å². The van der Waals surface area contributed by atoms with Crippen LogP contribution in [0.4, 0.5) is 0 Å². The van der Waals surface area contributed by atoms with Crippen LogP contribution in [0, 0.1) is 0 Å². The molecule has 0 radical (unpaired) electrons. The van der Waals surface area contributed by atoms with Crippen LogP contribution >= 0.6 is 0 Å². The molecule has 0 amide bonds. The molecule has 0 heterocycles. The number of ketones is 1. The molecule has 5 heteroatoms. The molecular formula is C6H13NaO4. The van der Waals surface area contributed by atoms with Gasteiger partial charge in [0, 0.05) is 13.5 Å². The molecule has 11 heavy (non-hydrogen) atoms. The Morgan fingerprint density at radius 1 is 1.27 bits per heavy atom. The summed E-state index contributed by atoms with van der Waals surface area (Å²) in [7, 11) is 1.00. The van der Waals surface area contributed by atoms with E-state index in [2.05, 4.69) is 0 Å². The molecule has 0 unspecified atom stereocenters. The van der Waals surface area contributed by atoms with E-state index in [1.54, 1.807) is 6.92 Å². The van der Waals surface area contributed by atoms with Crippen LogP contribution in [0.3, 0.4) is 0 Å². The van der Waals surface area contributed by atoms with Gasteiger partial charge in [-0.25, -0.2) is 0 Å². The van der Waals surface area contributed by atoms with Crippen LogP contribution in [0.2, 0.25) is 0 Å². The summed E-state index contributed by atoms with van der Waals surface area (Å²) in [4.78, 5) is 20.0. The minimum atomic E-state index is -1.04. The zero-order valence-corrected chi connectivity index (χ0v) is 6.13. The summed E-state index contributed by atoms with van der Waals surface area (Å²) in [5.41, 5.74) is 0. The van der Waals surface area contributed by atoms with E-state index in [1.807, 2.05) is 0 Å². The summed E-state index contributed by atoms with van der Waals surface area (Å²) in [5.74, 6) is -1.27. The van der Waals surface area contributed by atoms with Crippen molar-refractivity contribution in [2.24, 2.45) is 0 Å². The molecule has 0 aliphatic heterocycles. The maximum absolute atomic E-state index is 10.2. The second-order valence-corrected chi connectivity index (χ2v) is 1.46. The average Bonchev–Trinajstić information content (AvgIpc) is 1.91. The second kappa shape index (κ2) is 12.7. The van der Waals surface area contributed by atoms with Crippen molar-refractivity contribution in [1.29, 1.82) is 0 Å². The van der Waals surface area contributed by atoms with Gasteiger partial charge in [0.2, 0.25) is 0 Å². The van der Waals surface area contributed by atoms with E-state index in [1.165, 1.54) is 0 Å². The third-order valence-corrected chi connectivity index (χ3v) is 0.743. The molecule has 0 bridgehead atoms. The summed E-state index contributed by atoms with van der Waals surface area (Å²) < 4.78 is 0. The van der Waals surface area contributed by atoms with Gasteiger partial charge in [0.25, 0.3) is 0 Å². The van der Waals surface area contributed by atoms with Crippen LogP contribution in [0.1, 0.15) is 19.8 Å². The van der Waals surface area contributed by atoms with Gasteiger partial charge in [-0.05, 0) is 0 Å². The number of aliphatic hydroxyl groups is 1. The van der Waals surface area contributed by atoms with Gasteiger partial charge in [0.1, 0.15) is 12.2 Å². The van der Waals surface area contributed by atoms with Crippen molar-refractivity contribution < 1.29 is 19.8 Å². The number of carboxylic acids is 1. The quantitative estimate of drug-likeness (QED) is 0.440. The summed E-state index contributed by atoms with van der Waals surface area (Å²) in [5, 5.41) is 15.0. The molecular weight excluding hydrogens is 159 g/mol. The molecule has 62 valence electrons. The predicted octanol–water partition coefficient (Wildman–Crippen LogP) is -0.600. The number of carbonyl (C=O) groups is 2. The van der Waals surface area contributed by atoms with E-state index < -0.39 is 5.97 Å². The van der Waals surface area contributed by atoms with Crippen molar-refractivity contribution in [3.8, 4) is 0 Å². The van der Waals surface area contributed by atoms with Gasteiger partial charge in [-0.1, -0.05) is 6.92 Å². The Morgan fingerprint density at radius 3 is 1.73 bits per heavy atom. The first-order chi connectivity index (χ1) is 4.66. The summed E-state index contributed by atoms with van der Waals surface area (Å²) in [6.07, 6.45) is -0.0250. The van der Waals surface area contributed by atoms with E-state index in [0.717, 1.165) is 7.11 Å². The fourth-order valence-electron chi connectivity index (χ4n) is 0.294. The molecule has 0 saturated heterocycles. The minimum absolute atomic E-state index is 0. The average molecular weight is 172 g/mol. The molecule has 0 aromatic carbocycles. The summed E-state index contributed by atoms with van der Waals surface area (Å²) >= 11 is 0. The molecule has 0 rings (SSSR count). The van der Waals surface area contributed by atoms with Crippen LogP contribution in [-0.4, -0.2) is 58.6 Å². The van der Waals surface area contributed by atoms with Gasteiger partial charge in [-0.15, -0.1) is 0 Å². The van der Waals surface area contributed by atoms with Gasteiger partial charge in [-0.3, -0.25) is 9.59 Å². The Morgan fingerprint density at radius 2 is 1.64 bits per heavy atom. The number of aliphatic hydroxyl groups excluding tert-OH is 1. The number of aliphatic carboxylic acids is 1. The molecule has 0 aromatic rings. The van der Waals surface area contributed by atoms with E-state index >= 15 is 0 Å².